The summed E-state index contributed by atoms with van der Waals surface area (Å²) in [4.78, 5) is 23.7. The van der Waals surface area contributed by atoms with Crippen molar-refractivity contribution in [2.24, 2.45) is 0 Å². The van der Waals surface area contributed by atoms with Gasteiger partial charge in [0.2, 0.25) is 5.95 Å². The summed E-state index contributed by atoms with van der Waals surface area (Å²) in [6.45, 7) is 0. The van der Waals surface area contributed by atoms with Crippen LogP contribution in [0, 0.1) is 11.6 Å². The number of nitrogens with zero attached hydrogens (tertiary/aromatic N) is 5. The number of imidazole rings is 2. The van der Waals surface area contributed by atoms with E-state index < -0.39 is 17.6 Å². The largest absolute Gasteiger partial charge is 0.477 e. The minimum absolute atomic E-state index is 0.120. The average molecular weight is 355 g/mol. The summed E-state index contributed by atoms with van der Waals surface area (Å²) in [5, 5.41) is 9.18. The highest BCUT2D eigenvalue weighted by Gasteiger charge is 2.30. The third-order valence-corrected chi connectivity index (χ3v) is 4.49. The monoisotopic (exact) mass is 355 g/mol. The second-order valence-corrected chi connectivity index (χ2v) is 6.25. The van der Waals surface area contributed by atoms with Crippen molar-refractivity contribution in [1.29, 1.82) is 0 Å². The van der Waals surface area contributed by atoms with E-state index in [9.17, 15) is 18.7 Å². The first-order valence-electron chi connectivity index (χ1n) is 7.96. The molecule has 7 nitrogen and oxygen atoms in total. The van der Waals surface area contributed by atoms with Crippen LogP contribution in [-0.2, 0) is 0 Å². The van der Waals surface area contributed by atoms with Crippen LogP contribution in [0.1, 0.15) is 29.4 Å². The summed E-state index contributed by atoms with van der Waals surface area (Å²) in [5.41, 5.74) is 1.72. The van der Waals surface area contributed by atoms with Gasteiger partial charge in [-0.15, -0.1) is 0 Å². The smallest absolute Gasteiger partial charge is 0.354 e. The lowest BCUT2D eigenvalue weighted by atomic mass is 10.3. The number of fused-ring (bicyclic) bond motifs is 2. The van der Waals surface area contributed by atoms with E-state index >= 15 is 0 Å². The van der Waals surface area contributed by atoms with Gasteiger partial charge in [-0.2, -0.15) is 0 Å². The maximum atomic E-state index is 13.8. The molecule has 0 atom stereocenters. The van der Waals surface area contributed by atoms with Crippen LogP contribution in [0.25, 0.3) is 28.0 Å². The normalized spacial score (nSPS) is 14.4. The highest BCUT2D eigenvalue weighted by molar-refractivity contribution is 5.90. The van der Waals surface area contributed by atoms with Crippen molar-refractivity contribution < 1.29 is 18.7 Å². The topological polar surface area (TPSA) is 85.8 Å². The molecule has 1 aliphatic rings. The molecule has 9 heteroatoms. The molecular weight excluding hydrogens is 344 g/mol. The standard InChI is InChI=1S/C17H11F2N5O2/c18-9-3-11-15(4-10(9)19)24(8-1-2-8)17(22-11)23-7-21-13-6-20-12(16(25)26)5-14(13)23/h3-8H,1-2H2,(H,25,26). The van der Waals surface area contributed by atoms with Crippen LogP contribution < -0.4 is 0 Å². The van der Waals surface area contributed by atoms with Gasteiger partial charge in [-0.25, -0.2) is 28.5 Å². The first-order chi connectivity index (χ1) is 12.5. The van der Waals surface area contributed by atoms with Crippen molar-refractivity contribution in [3.63, 3.8) is 0 Å². The molecule has 0 bridgehead atoms. The highest BCUT2D eigenvalue weighted by Crippen LogP contribution is 2.40. The third-order valence-electron chi connectivity index (χ3n) is 4.49. The number of aromatic nitrogens is 5. The number of benzene rings is 1. The van der Waals surface area contributed by atoms with E-state index in [4.69, 9.17) is 0 Å². The predicted octanol–water partition coefficient (Wildman–Crippen LogP) is 3.08. The minimum atomic E-state index is -1.15. The van der Waals surface area contributed by atoms with Crippen molar-refractivity contribution >= 4 is 28.0 Å². The van der Waals surface area contributed by atoms with Crippen molar-refractivity contribution in [1.82, 2.24) is 24.1 Å². The fourth-order valence-corrected chi connectivity index (χ4v) is 3.13. The molecule has 1 N–H and O–H groups in total. The summed E-state index contributed by atoms with van der Waals surface area (Å²) in [5.74, 6) is -2.60. The van der Waals surface area contributed by atoms with E-state index in [2.05, 4.69) is 15.0 Å². The molecule has 0 saturated heterocycles. The zero-order valence-corrected chi connectivity index (χ0v) is 13.2. The Morgan fingerprint density at radius 1 is 1.08 bits per heavy atom. The number of pyridine rings is 1. The maximum Gasteiger partial charge on any atom is 0.354 e. The van der Waals surface area contributed by atoms with E-state index in [0.717, 1.165) is 25.0 Å². The molecule has 1 saturated carbocycles. The van der Waals surface area contributed by atoms with Crippen molar-refractivity contribution in [2.75, 3.05) is 0 Å². The van der Waals surface area contributed by atoms with Crippen LogP contribution >= 0.6 is 0 Å². The number of hydrogen-bond acceptors (Lipinski definition) is 4. The first kappa shape index (κ1) is 14.9. The van der Waals surface area contributed by atoms with Gasteiger partial charge in [-0.05, 0) is 18.9 Å². The molecule has 3 heterocycles. The SMILES string of the molecule is O=C(O)c1cc2c(cn1)ncn2-c1nc2cc(F)c(F)cc2n1C1CC1. The van der Waals surface area contributed by atoms with E-state index in [0.29, 0.717) is 28.0 Å². The van der Waals surface area contributed by atoms with Crippen molar-refractivity contribution in [3.8, 4) is 5.95 Å². The Balaban J connectivity index is 1.81. The number of rotatable bonds is 3. The predicted molar refractivity (Wildman–Crippen MR) is 87.3 cm³/mol. The Morgan fingerprint density at radius 2 is 1.85 bits per heavy atom. The molecule has 130 valence electrons. The van der Waals surface area contributed by atoms with Crippen LogP contribution in [0.4, 0.5) is 8.78 Å². The number of carboxylic acids is 1. The summed E-state index contributed by atoms with van der Waals surface area (Å²) in [7, 11) is 0. The van der Waals surface area contributed by atoms with Gasteiger partial charge in [0, 0.05) is 18.2 Å². The lowest BCUT2D eigenvalue weighted by molar-refractivity contribution is 0.0690. The Hall–Kier alpha value is -3.36. The third kappa shape index (κ3) is 2.10. The lowest BCUT2D eigenvalue weighted by Crippen LogP contribution is -2.06. The van der Waals surface area contributed by atoms with E-state index in [1.165, 1.54) is 18.6 Å². The Kier molecular flexibility index (Phi) is 2.91. The molecule has 26 heavy (non-hydrogen) atoms. The van der Waals surface area contributed by atoms with Gasteiger partial charge < -0.3 is 9.67 Å². The zero-order valence-electron chi connectivity index (χ0n) is 13.2. The molecule has 0 radical (unpaired) electrons. The number of hydrogen-bond donors (Lipinski definition) is 1. The fourth-order valence-electron chi connectivity index (χ4n) is 3.13. The van der Waals surface area contributed by atoms with Gasteiger partial charge in [0.05, 0.1) is 22.7 Å². The molecular formula is C17H11F2N5O2. The van der Waals surface area contributed by atoms with Gasteiger partial charge in [-0.3, -0.25) is 4.57 Å². The van der Waals surface area contributed by atoms with Gasteiger partial charge in [-0.1, -0.05) is 0 Å². The average Bonchev–Trinajstić information content (AvgIpc) is 3.26. The Labute approximate surface area is 144 Å². The molecule has 0 amide bonds. The zero-order chi connectivity index (χ0) is 18.0. The van der Waals surface area contributed by atoms with Gasteiger partial charge in [0.25, 0.3) is 0 Å². The Morgan fingerprint density at radius 3 is 2.58 bits per heavy atom. The maximum absolute atomic E-state index is 13.8. The minimum Gasteiger partial charge on any atom is -0.477 e. The number of halogens is 2. The van der Waals surface area contributed by atoms with E-state index in [1.807, 2.05) is 4.57 Å². The fraction of sp³-hybridized carbons (Fsp3) is 0.176. The van der Waals surface area contributed by atoms with Crippen LogP contribution in [0.5, 0.6) is 0 Å². The Bertz CT molecular complexity index is 1210. The van der Waals surface area contributed by atoms with Crippen LogP contribution in [-0.4, -0.2) is 35.2 Å². The van der Waals surface area contributed by atoms with Gasteiger partial charge in [0.15, 0.2) is 11.6 Å². The number of carboxylic acid groups (broad SMARTS) is 1. The van der Waals surface area contributed by atoms with Gasteiger partial charge in [0.1, 0.15) is 17.5 Å². The summed E-state index contributed by atoms with van der Waals surface area (Å²) in [6.07, 6.45) is 4.70. The number of carbonyl (C=O) groups is 1. The molecule has 1 fully saturated rings. The quantitative estimate of drug-likeness (QED) is 0.610. The van der Waals surface area contributed by atoms with Crippen LogP contribution in [0.15, 0.2) is 30.7 Å². The molecule has 0 aliphatic heterocycles. The lowest BCUT2D eigenvalue weighted by Gasteiger charge is -2.09. The van der Waals surface area contributed by atoms with Crippen molar-refractivity contribution in [3.05, 3.63) is 48.1 Å². The molecule has 0 spiro atoms. The number of aromatic carboxylic acids is 1. The molecule has 5 rings (SSSR count). The second kappa shape index (κ2) is 5.07. The molecule has 0 unspecified atom stereocenters. The molecule has 3 aromatic heterocycles. The summed E-state index contributed by atoms with van der Waals surface area (Å²) >= 11 is 0. The van der Waals surface area contributed by atoms with Crippen LogP contribution in [0.3, 0.4) is 0 Å². The van der Waals surface area contributed by atoms with E-state index in [-0.39, 0.29) is 11.7 Å². The van der Waals surface area contributed by atoms with Gasteiger partial charge >= 0.3 is 5.97 Å². The first-order valence-corrected chi connectivity index (χ1v) is 7.96. The summed E-state index contributed by atoms with van der Waals surface area (Å²) in [6, 6.07) is 3.75. The molecule has 1 aromatic carbocycles. The van der Waals surface area contributed by atoms with Crippen LogP contribution in [0.2, 0.25) is 0 Å². The molecule has 1 aliphatic carbocycles. The van der Waals surface area contributed by atoms with E-state index in [1.54, 1.807) is 4.57 Å². The highest BCUT2D eigenvalue weighted by atomic mass is 19.2. The second-order valence-electron chi connectivity index (χ2n) is 6.25. The molecule has 4 aromatic rings. The summed E-state index contributed by atoms with van der Waals surface area (Å²) < 4.78 is 30.8. The van der Waals surface area contributed by atoms with Crippen molar-refractivity contribution in [2.45, 2.75) is 18.9 Å².